The van der Waals surface area contributed by atoms with Crippen molar-refractivity contribution in [1.29, 1.82) is 0 Å². The molecule has 1 N–H and O–H groups in total. The summed E-state index contributed by atoms with van der Waals surface area (Å²) in [5.74, 6) is -1.03. The van der Waals surface area contributed by atoms with Crippen LogP contribution in [0.4, 0.5) is 8.78 Å². The van der Waals surface area contributed by atoms with E-state index in [2.05, 4.69) is 5.32 Å². The molecule has 0 saturated heterocycles. The Morgan fingerprint density at radius 1 is 1.00 bits per heavy atom. The third kappa shape index (κ3) is 2.73. The van der Waals surface area contributed by atoms with Gasteiger partial charge in [-0.05, 0) is 49.2 Å². The lowest BCUT2D eigenvalue weighted by Gasteiger charge is -2.22. The van der Waals surface area contributed by atoms with Crippen LogP contribution in [0.1, 0.15) is 35.2 Å². The minimum absolute atomic E-state index is 0.0862. The number of aryl methyl sites for hydroxylation is 1. The second-order valence-corrected chi connectivity index (χ2v) is 4.92. The maximum Gasteiger partial charge on any atom is 0.131 e. The lowest BCUT2D eigenvalue weighted by molar-refractivity contribution is 0.509. The maximum atomic E-state index is 14.1. The first-order chi connectivity index (χ1) is 9.56. The molecule has 3 heteroatoms. The van der Waals surface area contributed by atoms with Crippen molar-refractivity contribution in [2.45, 2.75) is 26.8 Å². The highest BCUT2D eigenvalue weighted by Gasteiger charge is 2.22. The summed E-state index contributed by atoms with van der Waals surface area (Å²) >= 11 is 0. The van der Waals surface area contributed by atoms with Gasteiger partial charge in [0.15, 0.2) is 0 Å². The first-order valence-corrected chi connectivity index (χ1v) is 6.79. The van der Waals surface area contributed by atoms with Crippen LogP contribution in [0.25, 0.3) is 0 Å². The van der Waals surface area contributed by atoms with E-state index in [1.807, 2.05) is 39.0 Å². The van der Waals surface area contributed by atoms with E-state index in [1.54, 1.807) is 0 Å². The van der Waals surface area contributed by atoms with E-state index < -0.39 is 17.7 Å². The molecule has 20 heavy (non-hydrogen) atoms. The summed E-state index contributed by atoms with van der Waals surface area (Å²) in [6, 6.07) is 9.35. The highest BCUT2D eigenvalue weighted by atomic mass is 19.1. The van der Waals surface area contributed by atoms with Crippen LogP contribution in [-0.4, -0.2) is 6.54 Å². The number of hydrogen-bond donors (Lipinski definition) is 1. The van der Waals surface area contributed by atoms with Crippen LogP contribution in [0, 0.1) is 25.5 Å². The molecule has 2 aromatic carbocycles. The van der Waals surface area contributed by atoms with Gasteiger partial charge in [0.1, 0.15) is 11.6 Å². The van der Waals surface area contributed by atoms with E-state index in [-0.39, 0.29) is 5.56 Å². The Kier molecular flexibility index (Phi) is 4.50. The Morgan fingerprint density at radius 3 is 2.20 bits per heavy atom. The van der Waals surface area contributed by atoms with Gasteiger partial charge in [0.05, 0.1) is 6.04 Å². The van der Waals surface area contributed by atoms with Crippen LogP contribution in [0.3, 0.4) is 0 Å². The second kappa shape index (κ2) is 6.14. The number of benzene rings is 2. The monoisotopic (exact) mass is 275 g/mol. The van der Waals surface area contributed by atoms with Gasteiger partial charge in [0.2, 0.25) is 0 Å². The van der Waals surface area contributed by atoms with Crippen LogP contribution < -0.4 is 5.32 Å². The lowest BCUT2D eigenvalue weighted by Crippen LogP contribution is -2.25. The van der Waals surface area contributed by atoms with Gasteiger partial charge in [-0.1, -0.05) is 31.2 Å². The lowest BCUT2D eigenvalue weighted by atomic mass is 9.92. The Labute approximate surface area is 118 Å². The summed E-state index contributed by atoms with van der Waals surface area (Å²) in [5, 5.41) is 3.18. The molecule has 0 aliphatic heterocycles. The van der Waals surface area contributed by atoms with Gasteiger partial charge >= 0.3 is 0 Å². The van der Waals surface area contributed by atoms with Gasteiger partial charge in [-0.3, -0.25) is 0 Å². The van der Waals surface area contributed by atoms with Crippen molar-refractivity contribution in [3.05, 3.63) is 70.3 Å². The molecule has 1 atom stereocenters. The largest absolute Gasteiger partial charge is 0.306 e. The average molecular weight is 275 g/mol. The highest BCUT2D eigenvalue weighted by Crippen LogP contribution is 2.30. The Hall–Kier alpha value is -1.74. The molecule has 0 bridgehead atoms. The van der Waals surface area contributed by atoms with Gasteiger partial charge in [-0.2, -0.15) is 0 Å². The standard InChI is InChI=1S/C17H19F2N/c1-4-20-17(13-8-5-7-11(2)12(13)3)16-14(18)9-6-10-15(16)19/h5-10,17,20H,4H2,1-3H3. The summed E-state index contributed by atoms with van der Waals surface area (Å²) in [6.07, 6.45) is 0. The third-order valence-electron chi connectivity index (χ3n) is 3.65. The molecule has 0 radical (unpaired) electrons. The van der Waals surface area contributed by atoms with Crippen LogP contribution >= 0.6 is 0 Å². The van der Waals surface area contributed by atoms with Crippen molar-refractivity contribution < 1.29 is 8.78 Å². The molecule has 0 aliphatic carbocycles. The normalized spacial score (nSPS) is 12.4. The molecule has 2 rings (SSSR count). The smallest absolute Gasteiger partial charge is 0.131 e. The molecular formula is C17H19F2N. The van der Waals surface area contributed by atoms with Gasteiger partial charge in [0, 0.05) is 5.56 Å². The molecule has 106 valence electrons. The van der Waals surface area contributed by atoms with Crippen molar-refractivity contribution in [3.8, 4) is 0 Å². The van der Waals surface area contributed by atoms with E-state index >= 15 is 0 Å². The molecule has 0 aromatic heterocycles. The van der Waals surface area contributed by atoms with E-state index in [9.17, 15) is 8.78 Å². The molecule has 0 fully saturated rings. The van der Waals surface area contributed by atoms with Gasteiger partial charge in [0.25, 0.3) is 0 Å². The molecular weight excluding hydrogens is 256 g/mol. The minimum atomic E-state index is -0.517. The topological polar surface area (TPSA) is 12.0 Å². The summed E-state index contributed by atoms with van der Waals surface area (Å²) in [4.78, 5) is 0. The van der Waals surface area contributed by atoms with Gasteiger partial charge in [-0.25, -0.2) is 8.78 Å². The fraction of sp³-hybridized carbons (Fsp3) is 0.294. The molecule has 0 aliphatic rings. The van der Waals surface area contributed by atoms with Gasteiger partial charge < -0.3 is 5.32 Å². The Morgan fingerprint density at radius 2 is 1.60 bits per heavy atom. The van der Waals surface area contributed by atoms with Gasteiger partial charge in [-0.15, -0.1) is 0 Å². The van der Waals surface area contributed by atoms with E-state index in [1.165, 1.54) is 18.2 Å². The predicted octanol–water partition coefficient (Wildman–Crippen LogP) is 4.28. The van der Waals surface area contributed by atoms with Crippen molar-refractivity contribution in [1.82, 2.24) is 5.32 Å². The molecule has 0 saturated carbocycles. The van der Waals surface area contributed by atoms with Crippen molar-refractivity contribution >= 4 is 0 Å². The highest BCUT2D eigenvalue weighted by molar-refractivity contribution is 5.41. The minimum Gasteiger partial charge on any atom is -0.306 e. The van der Waals surface area contributed by atoms with Crippen LogP contribution in [0.15, 0.2) is 36.4 Å². The summed E-state index contributed by atoms with van der Waals surface area (Å²) < 4.78 is 28.1. The van der Waals surface area contributed by atoms with Crippen molar-refractivity contribution in [2.75, 3.05) is 6.54 Å². The van der Waals surface area contributed by atoms with Crippen LogP contribution in [-0.2, 0) is 0 Å². The van der Waals surface area contributed by atoms with Crippen molar-refractivity contribution in [3.63, 3.8) is 0 Å². The fourth-order valence-corrected chi connectivity index (χ4v) is 2.44. The zero-order chi connectivity index (χ0) is 14.7. The van der Waals surface area contributed by atoms with Crippen LogP contribution in [0.5, 0.6) is 0 Å². The quantitative estimate of drug-likeness (QED) is 0.878. The number of hydrogen-bond acceptors (Lipinski definition) is 1. The Balaban J connectivity index is 2.60. The summed E-state index contributed by atoms with van der Waals surface area (Å²) in [6.45, 7) is 6.54. The second-order valence-electron chi connectivity index (χ2n) is 4.92. The number of nitrogens with one attached hydrogen (secondary N) is 1. The average Bonchev–Trinajstić information content (AvgIpc) is 2.41. The van der Waals surface area contributed by atoms with E-state index in [4.69, 9.17) is 0 Å². The molecule has 1 nitrogen and oxygen atoms in total. The zero-order valence-corrected chi connectivity index (χ0v) is 12.0. The van der Waals surface area contributed by atoms with Crippen LogP contribution in [0.2, 0.25) is 0 Å². The molecule has 0 heterocycles. The number of halogens is 2. The summed E-state index contributed by atoms with van der Waals surface area (Å²) in [5.41, 5.74) is 3.17. The molecule has 1 unspecified atom stereocenters. The SMILES string of the molecule is CCNC(c1cccc(C)c1C)c1c(F)cccc1F. The fourth-order valence-electron chi connectivity index (χ4n) is 2.44. The predicted molar refractivity (Wildman–Crippen MR) is 77.8 cm³/mol. The van der Waals surface area contributed by atoms with E-state index in [0.29, 0.717) is 6.54 Å². The Bertz CT molecular complexity index is 588. The molecule has 0 spiro atoms. The first kappa shape index (κ1) is 14.7. The maximum absolute atomic E-state index is 14.1. The number of rotatable bonds is 4. The first-order valence-electron chi connectivity index (χ1n) is 6.79. The summed E-state index contributed by atoms with van der Waals surface area (Å²) in [7, 11) is 0. The zero-order valence-electron chi connectivity index (χ0n) is 12.0. The molecule has 0 amide bonds. The molecule has 2 aromatic rings. The van der Waals surface area contributed by atoms with Crippen molar-refractivity contribution in [2.24, 2.45) is 0 Å². The van der Waals surface area contributed by atoms with E-state index in [0.717, 1.165) is 16.7 Å². The third-order valence-corrected chi connectivity index (χ3v) is 3.65.